The fourth-order valence-electron chi connectivity index (χ4n) is 3.22. The van der Waals surface area contributed by atoms with E-state index in [2.05, 4.69) is 73.4 Å². The van der Waals surface area contributed by atoms with Crippen molar-refractivity contribution in [3.8, 4) is 11.5 Å². The van der Waals surface area contributed by atoms with Crippen LogP contribution in [0.25, 0.3) is 0 Å². The quantitative estimate of drug-likeness (QED) is 0.412. The Balaban J connectivity index is 2.81. The van der Waals surface area contributed by atoms with Crippen molar-refractivity contribution in [2.75, 3.05) is 14.2 Å². The van der Waals surface area contributed by atoms with Crippen LogP contribution < -0.4 is 9.47 Å². The molecular weight excluding hydrogens is 484 g/mol. The highest BCUT2D eigenvalue weighted by molar-refractivity contribution is 9.10. The van der Waals surface area contributed by atoms with Gasteiger partial charge in [0.05, 0.1) is 25.3 Å². The molecule has 3 nitrogen and oxygen atoms in total. The second kappa shape index (κ2) is 8.19. The summed E-state index contributed by atoms with van der Waals surface area (Å²) < 4.78 is 13.1. The van der Waals surface area contributed by atoms with Crippen LogP contribution in [0.15, 0.2) is 33.2 Å². The highest BCUT2D eigenvalue weighted by Crippen LogP contribution is 2.41. The highest BCUT2D eigenvalue weighted by atomic mass is 79.9. The van der Waals surface area contributed by atoms with Gasteiger partial charge in [0.1, 0.15) is 11.5 Å². The van der Waals surface area contributed by atoms with E-state index in [9.17, 15) is 4.79 Å². The first-order valence-electron chi connectivity index (χ1n) is 9.12. The van der Waals surface area contributed by atoms with Gasteiger partial charge >= 0.3 is 0 Å². The second-order valence-corrected chi connectivity index (χ2v) is 10.7. The molecule has 0 bridgehead atoms. The van der Waals surface area contributed by atoms with Gasteiger partial charge in [0.15, 0.2) is 0 Å². The maximum Gasteiger partial charge on any atom is 0.200 e. The molecule has 0 atom stereocenters. The zero-order valence-electron chi connectivity index (χ0n) is 17.8. The van der Waals surface area contributed by atoms with E-state index in [1.807, 2.05) is 24.3 Å². The van der Waals surface area contributed by atoms with Crippen molar-refractivity contribution >= 4 is 37.6 Å². The molecule has 0 spiro atoms. The highest BCUT2D eigenvalue weighted by Gasteiger charge is 2.29. The molecule has 0 amide bonds. The summed E-state index contributed by atoms with van der Waals surface area (Å²) >= 11 is 7.12. The molecule has 0 aliphatic heterocycles. The number of methoxy groups -OCH3 is 2. The first kappa shape index (κ1) is 23.0. The van der Waals surface area contributed by atoms with Crippen LogP contribution in [0.4, 0.5) is 0 Å². The number of hydrogen-bond donors (Lipinski definition) is 0. The van der Waals surface area contributed by atoms with Gasteiger partial charge in [-0.3, -0.25) is 4.79 Å². The second-order valence-electron chi connectivity index (χ2n) is 8.90. The number of benzene rings is 2. The number of carbonyl (C=O) groups is 1. The Hall–Kier alpha value is -1.33. The zero-order valence-corrected chi connectivity index (χ0v) is 21.0. The minimum atomic E-state index is -0.178. The van der Waals surface area contributed by atoms with Gasteiger partial charge in [-0.1, -0.05) is 73.4 Å². The molecule has 0 radical (unpaired) electrons. The molecule has 2 rings (SSSR count). The maximum absolute atomic E-state index is 13.7. The Morgan fingerprint density at radius 2 is 1.04 bits per heavy atom. The first-order chi connectivity index (χ1) is 12.8. The predicted octanol–water partition coefficient (Wildman–Crippen LogP) is 7.05. The fourth-order valence-corrected chi connectivity index (χ4v) is 4.14. The van der Waals surface area contributed by atoms with E-state index in [-0.39, 0.29) is 16.6 Å². The van der Waals surface area contributed by atoms with Crippen LogP contribution in [0.3, 0.4) is 0 Å². The van der Waals surface area contributed by atoms with E-state index in [1.165, 1.54) is 0 Å². The van der Waals surface area contributed by atoms with Crippen LogP contribution in [-0.2, 0) is 10.8 Å². The normalized spacial score (nSPS) is 12.1. The van der Waals surface area contributed by atoms with Gasteiger partial charge in [0.25, 0.3) is 0 Å². The van der Waals surface area contributed by atoms with Gasteiger partial charge in [-0.2, -0.15) is 0 Å². The van der Waals surface area contributed by atoms with E-state index >= 15 is 0 Å². The molecule has 0 fully saturated rings. The lowest BCUT2D eigenvalue weighted by Gasteiger charge is -2.26. The van der Waals surface area contributed by atoms with Gasteiger partial charge < -0.3 is 9.47 Å². The summed E-state index contributed by atoms with van der Waals surface area (Å²) in [7, 11) is 3.21. The van der Waals surface area contributed by atoms with Gasteiger partial charge in [-0.05, 0) is 35.1 Å². The minimum absolute atomic E-state index is 0.132. The van der Waals surface area contributed by atoms with Crippen LogP contribution in [0.1, 0.15) is 68.6 Å². The lowest BCUT2D eigenvalue weighted by atomic mass is 9.82. The van der Waals surface area contributed by atoms with E-state index in [0.717, 1.165) is 20.1 Å². The molecule has 0 N–H and O–H groups in total. The summed E-state index contributed by atoms with van der Waals surface area (Å²) in [6.07, 6.45) is 0. The number of rotatable bonds is 4. The largest absolute Gasteiger partial charge is 0.496 e. The van der Waals surface area contributed by atoms with Crippen LogP contribution in [0.5, 0.6) is 11.5 Å². The number of hydrogen-bond acceptors (Lipinski definition) is 3. The van der Waals surface area contributed by atoms with Crippen molar-refractivity contribution in [3.05, 3.63) is 55.5 Å². The molecule has 0 saturated heterocycles. The molecule has 0 aliphatic rings. The van der Waals surface area contributed by atoms with Crippen molar-refractivity contribution in [3.63, 3.8) is 0 Å². The van der Waals surface area contributed by atoms with Crippen molar-refractivity contribution in [1.82, 2.24) is 0 Å². The molecule has 0 saturated carbocycles. The molecule has 0 heterocycles. The molecule has 5 heteroatoms. The average Bonchev–Trinajstić information content (AvgIpc) is 2.58. The summed E-state index contributed by atoms with van der Waals surface area (Å²) in [4.78, 5) is 13.7. The van der Waals surface area contributed by atoms with Crippen LogP contribution >= 0.6 is 31.9 Å². The molecule has 0 aromatic heterocycles. The van der Waals surface area contributed by atoms with Gasteiger partial charge in [-0.25, -0.2) is 0 Å². The summed E-state index contributed by atoms with van der Waals surface area (Å²) in [6, 6.07) is 7.64. The molecule has 2 aromatic rings. The van der Waals surface area contributed by atoms with Gasteiger partial charge in [0.2, 0.25) is 5.78 Å². The van der Waals surface area contributed by atoms with E-state index in [1.54, 1.807) is 14.2 Å². The van der Waals surface area contributed by atoms with Crippen LogP contribution in [-0.4, -0.2) is 20.0 Å². The molecule has 28 heavy (non-hydrogen) atoms. The third-order valence-electron chi connectivity index (χ3n) is 4.62. The third-order valence-corrected chi connectivity index (χ3v) is 5.54. The lowest BCUT2D eigenvalue weighted by Crippen LogP contribution is -2.18. The average molecular weight is 512 g/mol. The van der Waals surface area contributed by atoms with Crippen LogP contribution in [0.2, 0.25) is 0 Å². The number of carbonyl (C=O) groups excluding carboxylic acids is 1. The summed E-state index contributed by atoms with van der Waals surface area (Å²) in [6.45, 7) is 12.6. The topological polar surface area (TPSA) is 35.5 Å². The zero-order chi connectivity index (χ0) is 21.4. The summed E-state index contributed by atoms with van der Waals surface area (Å²) in [5.74, 6) is 1.06. The Bertz CT molecular complexity index is 830. The van der Waals surface area contributed by atoms with Crippen LogP contribution in [0, 0.1) is 0 Å². The number of halogens is 2. The van der Waals surface area contributed by atoms with E-state index in [0.29, 0.717) is 22.6 Å². The van der Waals surface area contributed by atoms with Crippen molar-refractivity contribution in [1.29, 1.82) is 0 Å². The summed E-state index contributed by atoms with van der Waals surface area (Å²) in [5.41, 5.74) is 2.61. The molecule has 2 aromatic carbocycles. The van der Waals surface area contributed by atoms with Gasteiger partial charge in [0, 0.05) is 20.1 Å². The predicted molar refractivity (Wildman–Crippen MR) is 122 cm³/mol. The van der Waals surface area contributed by atoms with Gasteiger partial charge in [-0.15, -0.1) is 0 Å². The Morgan fingerprint density at radius 1 is 0.714 bits per heavy atom. The summed E-state index contributed by atoms with van der Waals surface area (Å²) in [5, 5.41) is 0. The fraction of sp³-hybridized carbons (Fsp3) is 0.435. The molecule has 152 valence electrons. The smallest absolute Gasteiger partial charge is 0.200 e. The molecule has 0 unspecified atom stereocenters. The van der Waals surface area contributed by atoms with Crippen molar-refractivity contribution in [2.45, 2.75) is 52.4 Å². The standard InChI is InChI=1S/C23H28Br2O3/c1-22(2,3)17-11-13(24)9-15(20(17)27-7)19(26)16-10-14(25)12-18(21(16)28-8)23(4,5)6/h9-12H,1-8H3. The third kappa shape index (κ3) is 4.62. The Labute approximate surface area is 185 Å². The van der Waals surface area contributed by atoms with Crippen molar-refractivity contribution < 1.29 is 14.3 Å². The monoisotopic (exact) mass is 510 g/mol. The maximum atomic E-state index is 13.7. The van der Waals surface area contributed by atoms with Crippen molar-refractivity contribution in [2.24, 2.45) is 0 Å². The number of ketones is 1. The van der Waals surface area contributed by atoms with E-state index < -0.39 is 0 Å². The SMILES string of the molecule is COc1c(C(=O)c2cc(Br)cc(C(C)(C)C)c2OC)cc(Br)cc1C(C)(C)C. The minimum Gasteiger partial charge on any atom is -0.496 e. The Morgan fingerprint density at radius 3 is 1.29 bits per heavy atom. The van der Waals surface area contributed by atoms with E-state index in [4.69, 9.17) is 9.47 Å². The lowest BCUT2D eigenvalue weighted by molar-refractivity contribution is 0.103. The molecule has 0 aliphatic carbocycles. The first-order valence-corrected chi connectivity index (χ1v) is 10.7. The molecular formula is C23H28Br2O3. The number of ether oxygens (including phenoxy) is 2. The Kier molecular flexibility index (Phi) is 6.72.